The molecule has 0 fully saturated rings. The van der Waals surface area contributed by atoms with E-state index in [1.54, 1.807) is 25.2 Å². The molecule has 2 rings (SSSR count). The summed E-state index contributed by atoms with van der Waals surface area (Å²) in [6.45, 7) is 2.82. The van der Waals surface area contributed by atoms with Crippen LogP contribution >= 0.6 is 0 Å². The maximum atomic E-state index is 12.4. The summed E-state index contributed by atoms with van der Waals surface area (Å²) in [6.07, 6.45) is 0. The van der Waals surface area contributed by atoms with Crippen molar-refractivity contribution in [2.75, 3.05) is 27.2 Å². The molecule has 0 saturated heterocycles. The van der Waals surface area contributed by atoms with E-state index in [-0.39, 0.29) is 16.7 Å². The highest BCUT2D eigenvalue weighted by molar-refractivity contribution is 5.92. The molecule has 6 nitrogen and oxygen atoms in total. The lowest BCUT2D eigenvalue weighted by atomic mass is 10.1. The van der Waals surface area contributed by atoms with E-state index in [1.165, 1.54) is 11.5 Å². The van der Waals surface area contributed by atoms with Crippen molar-refractivity contribution in [3.05, 3.63) is 39.7 Å². The minimum atomic E-state index is -1.11. The van der Waals surface area contributed by atoms with Crippen LogP contribution in [0.4, 0.5) is 0 Å². The Bertz CT molecular complexity index is 778. The molecule has 2 aromatic rings. The number of pyridine rings is 1. The number of aryl methyl sites for hydroxylation is 1. The highest BCUT2D eigenvalue weighted by Gasteiger charge is 2.17. The number of rotatable bonds is 5. The summed E-state index contributed by atoms with van der Waals surface area (Å²) in [4.78, 5) is 25.7. The molecular weight excluding hydrogens is 284 g/mol. The van der Waals surface area contributed by atoms with E-state index in [0.717, 1.165) is 6.54 Å². The van der Waals surface area contributed by atoms with E-state index in [4.69, 9.17) is 4.74 Å². The lowest BCUT2D eigenvalue weighted by Crippen LogP contribution is -2.21. The van der Waals surface area contributed by atoms with Gasteiger partial charge < -0.3 is 19.3 Å². The van der Waals surface area contributed by atoms with Gasteiger partial charge in [-0.05, 0) is 39.2 Å². The zero-order chi connectivity index (χ0) is 16.4. The van der Waals surface area contributed by atoms with Gasteiger partial charge in [-0.15, -0.1) is 0 Å². The summed E-state index contributed by atoms with van der Waals surface area (Å²) in [5.74, 6) is -0.501. The average Bonchev–Trinajstić information content (AvgIpc) is 2.44. The Morgan fingerprint density at radius 1 is 1.36 bits per heavy atom. The van der Waals surface area contributed by atoms with E-state index in [1.807, 2.05) is 19.0 Å². The molecule has 0 unspecified atom stereocenters. The first-order valence-electron chi connectivity index (χ1n) is 6.97. The Morgan fingerprint density at radius 2 is 2.05 bits per heavy atom. The number of hydrogen-bond acceptors (Lipinski definition) is 4. The maximum absolute atomic E-state index is 12.4. The molecule has 0 aliphatic carbocycles. The average molecular weight is 304 g/mol. The number of carboxylic acid groups (broad SMARTS) is 1. The van der Waals surface area contributed by atoms with Gasteiger partial charge in [0.1, 0.15) is 18.1 Å². The van der Waals surface area contributed by atoms with Gasteiger partial charge in [0.2, 0.25) is 0 Å². The summed E-state index contributed by atoms with van der Waals surface area (Å²) in [6, 6.07) is 5.14. The molecule has 1 aromatic carbocycles. The molecule has 1 N–H and O–H groups in total. The number of benzene rings is 1. The summed E-state index contributed by atoms with van der Waals surface area (Å²) >= 11 is 0. The lowest BCUT2D eigenvalue weighted by Gasteiger charge is -2.14. The molecule has 22 heavy (non-hydrogen) atoms. The second-order valence-corrected chi connectivity index (χ2v) is 5.50. The predicted molar refractivity (Wildman–Crippen MR) is 84.9 cm³/mol. The van der Waals surface area contributed by atoms with Crippen LogP contribution in [0.1, 0.15) is 16.1 Å². The first kappa shape index (κ1) is 16.0. The van der Waals surface area contributed by atoms with E-state index < -0.39 is 5.97 Å². The van der Waals surface area contributed by atoms with Crippen molar-refractivity contribution in [1.29, 1.82) is 0 Å². The van der Waals surface area contributed by atoms with Crippen molar-refractivity contribution >= 4 is 16.9 Å². The van der Waals surface area contributed by atoms with Gasteiger partial charge >= 0.3 is 5.97 Å². The highest BCUT2D eigenvalue weighted by atomic mass is 16.5. The maximum Gasteiger partial charge on any atom is 0.352 e. The SMILES string of the molecule is Cc1c(C(=O)O)n(C)c2ccc(OCCN(C)C)cc2c1=O. The summed E-state index contributed by atoms with van der Waals surface area (Å²) in [5, 5.41) is 9.73. The van der Waals surface area contributed by atoms with Gasteiger partial charge in [0.05, 0.1) is 5.52 Å². The molecule has 0 atom stereocenters. The number of carbonyl (C=O) groups is 1. The zero-order valence-corrected chi connectivity index (χ0v) is 13.2. The Kier molecular flexibility index (Phi) is 4.51. The van der Waals surface area contributed by atoms with E-state index in [9.17, 15) is 14.7 Å². The Balaban J connectivity index is 2.50. The Morgan fingerprint density at radius 3 is 2.64 bits per heavy atom. The topological polar surface area (TPSA) is 71.8 Å². The van der Waals surface area contributed by atoms with E-state index >= 15 is 0 Å². The standard InChI is InChI=1S/C16H20N2O4/c1-10-14(16(20)21)18(4)13-6-5-11(9-12(13)15(10)19)22-8-7-17(2)3/h5-6,9H,7-8H2,1-4H3,(H,20,21). The molecule has 0 spiro atoms. The third-order valence-electron chi connectivity index (χ3n) is 3.62. The van der Waals surface area contributed by atoms with Crippen molar-refractivity contribution in [2.24, 2.45) is 7.05 Å². The number of ether oxygens (including phenoxy) is 1. The molecular formula is C16H20N2O4. The predicted octanol–water partition coefficient (Wildman–Crippen LogP) is 1.49. The van der Waals surface area contributed by atoms with Crippen molar-refractivity contribution in [3.8, 4) is 5.75 Å². The summed E-state index contributed by atoms with van der Waals surface area (Å²) in [7, 11) is 5.55. The molecule has 6 heteroatoms. The molecule has 0 saturated carbocycles. The largest absolute Gasteiger partial charge is 0.492 e. The van der Waals surface area contributed by atoms with Gasteiger partial charge in [0.25, 0.3) is 0 Å². The molecule has 0 aliphatic rings. The minimum Gasteiger partial charge on any atom is -0.492 e. The molecule has 0 bridgehead atoms. The fourth-order valence-corrected chi connectivity index (χ4v) is 2.41. The van der Waals surface area contributed by atoms with Crippen molar-refractivity contribution < 1.29 is 14.6 Å². The monoisotopic (exact) mass is 304 g/mol. The second kappa shape index (κ2) is 6.19. The Labute approximate surface area is 128 Å². The van der Waals surface area contributed by atoms with Crippen LogP contribution in [-0.2, 0) is 7.05 Å². The quantitative estimate of drug-likeness (QED) is 0.906. The third-order valence-corrected chi connectivity index (χ3v) is 3.62. The van der Waals surface area contributed by atoms with Crippen LogP contribution in [0.3, 0.4) is 0 Å². The van der Waals surface area contributed by atoms with Crippen LogP contribution in [0.2, 0.25) is 0 Å². The van der Waals surface area contributed by atoms with Crippen LogP contribution in [0.5, 0.6) is 5.75 Å². The normalized spacial score (nSPS) is 11.1. The van der Waals surface area contributed by atoms with E-state index in [2.05, 4.69) is 0 Å². The number of carboxylic acids is 1. The number of nitrogens with zero attached hydrogens (tertiary/aromatic N) is 2. The second-order valence-electron chi connectivity index (χ2n) is 5.50. The Hall–Kier alpha value is -2.34. The zero-order valence-electron chi connectivity index (χ0n) is 13.2. The van der Waals surface area contributed by atoms with Crippen molar-refractivity contribution in [3.63, 3.8) is 0 Å². The van der Waals surface area contributed by atoms with Crippen LogP contribution in [0.15, 0.2) is 23.0 Å². The molecule has 1 aromatic heterocycles. The van der Waals surface area contributed by atoms with Gasteiger partial charge in [-0.3, -0.25) is 4.79 Å². The molecule has 0 aliphatic heterocycles. The minimum absolute atomic E-state index is 0.0128. The van der Waals surface area contributed by atoms with Crippen LogP contribution in [-0.4, -0.2) is 47.8 Å². The molecule has 1 heterocycles. The van der Waals surface area contributed by atoms with Crippen LogP contribution in [0.25, 0.3) is 10.9 Å². The number of aromatic carboxylic acids is 1. The van der Waals surface area contributed by atoms with Crippen LogP contribution in [0, 0.1) is 6.92 Å². The van der Waals surface area contributed by atoms with Crippen LogP contribution < -0.4 is 10.2 Å². The highest BCUT2D eigenvalue weighted by Crippen LogP contribution is 2.20. The first-order chi connectivity index (χ1) is 10.3. The number of hydrogen-bond donors (Lipinski definition) is 1. The van der Waals surface area contributed by atoms with Gasteiger partial charge in [-0.1, -0.05) is 0 Å². The third kappa shape index (κ3) is 2.96. The number of fused-ring (bicyclic) bond motifs is 1. The molecule has 118 valence electrons. The van der Waals surface area contributed by atoms with Crippen molar-refractivity contribution in [1.82, 2.24) is 9.47 Å². The van der Waals surface area contributed by atoms with E-state index in [0.29, 0.717) is 23.3 Å². The fraction of sp³-hybridized carbons (Fsp3) is 0.375. The van der Waals surface area contributed by atoms with Gasteiger partial charge in [-0.2, -0.15) is 0 Å². The first-order valence-corrected chi connectivity index (χ1v) is 6.97. The van der Waals surface area contributed by atoms with Gasteiger partial charge in [0, 0.05) is 24.5 Å². The van der Waals surface area contributed by atoms with Gasteiger partial charge in [-0.25, -0.2) is 4.79 Å². The van der Waals surface area contributed by atoms with Gasteiger partial charge in [0.15, 0.2) is 5.43 Å². The number of aromatic nitrogens is 1. The summed E-state index contributed by atoms with van der Waals surface area (Å²) < 4.78 is 7.16. The number of likely N-dealkylation sites (N-methyl/N-ethyl adjacent to an activating group) is 1. The summed E-state index contributed by atoms with van der Waals surface area (Å²) in [5.41, 5.74) is 0.545. The lowest BCUT2D eigenvalue weighted by molar-refractivity contribution is 0.0685. The molecule has 0 amide bonds. The van der Waals surface area contributed by atoms with Crippen molar-refractivity contribution in [2.45, 2.75) is 6.92 Å². The fourth-order valence-electron chi connectivity index (χ4n) is 2.41. The molecule has 0 radical (unpaired) electrons. The smallest absolute Gasteiger partial charge is 0.352 e.